The monoisotopic (exact) mass is 297 g/mol. The van der Waals surface area contributed by atoms with Gasteiger partial charge in [-0.15, -0.1) is 0 Å². The molecule has 0 saturated heterocycles. The van der Waals surface area contributed by atoms with Crippen molar-refractivity contribution >= 4 is 11.6 Å². The lowest BCUT2D eigenvalue weighted by molar-refractivity contribution is 0.402. The van der Waals surface area contributed by atoms with Gasteiger partial charge in [0.25, 0.3) is 0 Å². The molecular weight excluding hydrogens is 284 g/mol. The van der Waals surface area contributed by atoms with Crippen molar-refractivity contribution in [3.05, 3.63) is 63.7 Å². The van der Waals surface area contributed by atoms with Gasteiger partial charge in [-0.2, -0.15) is 0 Å². The second kappa shape index (κ2) is 5.77. The van der Waals surface area contributed by atoms with E-state index in [4.69, 9.17) is 22.1 Å². The van der Waals surface area contributed by atoms with E-state index in [2.05, 4.69) is 0 Å². The minimum atomic E-state index is -0.835. The molecule has 0 aliphatic rings. The molecule has 0 aliphatic carbocycles. The quantitative estimate of drug-likeness (QED) is 0.930. The van der Waals surface area contributed by atoms with Crippen LogP contribution in [-0.4, -0.2) is 7.11 Å². The minimum Gasteiger partial charge on any atom is -0.496 e. The zero-order chi connectivity index (χ0) is 14.9. The Morgan fingerprint density at radius 1 is 1.20 bits per heavy atom. The Morgan fingerprint density at radius 2 is 1.90 bits per heavy atom. The van der Waals surface area contributed by atoms with Crippen LogP contribution in [0.25, 0.3) is 0 Å². The number of hydrogen-bond donors (Lipinski definition) is 1. The summed E-state index contributed by atoms with van der Waals surface area (Å²) in [7, 11) is 1.43. The van der Waals surface area contributed by atoms with E-state index in [0.29, 0.717) is 16.9 Å². The van der Waals surface area contributed by atoms with Crippen LogP contribution in [0.4, 0.5) is 8.78 Å². The lowest BCUT2D eigenvalue weighted by atomic mass is 9.96. The number of nitrogens with two attached hydrogens (primary N) is 1. The first-order chi connectivity index (χ1) is 9.45. The highest BCUT2D eigenvalue weighted by Crippen LogP contribution is 2.34. The van der Waals surface area contributed by atoms with Crippen LogP contribution in [0.1, 0.15) is 22.7 Å². The Labute approximate surface area is 121 Å². The number of benzene rings is 2. The number of ether oxygens (including phenoxy) is 1. The van der Waals surface area contributed by atoms with Crippen molar-refractivity contribution in [2.24, 2.45) is 5.73 Å². The van der Waals surface area contributed by atoms with Crippen molar-refractivity contribution in [2.75, 3.05) is 7.11 Å². The summed E-state index contributed by atoms with van der Waals surface area (Å²) < 4.78 is 32.6. The maximum atomic E-state index is 14.0. The molecule has 106 valence electrons. The summed E-state index contributed by atoms with van der Waals surface area (Å²) in [4.78, 5) is 0. The Hall–Kier alpha value is -1.65. The van der Waals surface area contributed by atoms with Crippen molar-refractivity contribution in [3.8, 4) is 5.75 Å². The van der Waals surface area contributed by atoms with E-state index >= 15 is 0 Å². The third kappa shape index (κ3) is 2.62. The van der Waals surface area contributed by atoms with Crippen LogP contribution in [0.5, 0.6) is 5.75 Å². The van der Waals surface area contributed by atoms with Crippen molar-refractivity contribution in [1.82, 2.24) is 0 Å². The largest absolute Gasteiger partial charge is 0.496 e. The molecular formula is C15H14ClF2NO. The highest BCUT2D eigenvalue weighted by atomic mass is 35.5. The number of methoxy groups -OCH3 is 1. The van der Waals surface area contributed by atoms with Gasteiger partial charge in [-0.05, 0) is 42.3 Å². The third-order valence-electron chi connectivity index (χ3n) is 3.16. The van der Waals surface area contributed by atoms with E-state index in [-0.39, 0.29) is 10.6 Å². The molecule has 2 nitrogen and oxygen atoms in total. The summed E-state index contributed by atoms with van der Waals surface area (Å²) in [5.74, 6) is -0.586. The second-order valence-corrected chi connectivity index (χ2v) is 4.86. The van der Waals surface area contributed by atoms with Crippen molar-refractivity contribution in [3.63, 3.8) is 0 Å². The first-order valence-electron chi connectivity index (χ1n) is 5.99. The molecule has 20 heavy (non-hydrogen) atoms. The van der Waals surface area contributed by atoms with Gasteiger partial charge in [-0.25, -0.2) is 8.78 Å². The maximum Gasteiger partial charge on any atom is 0.132 e. The fourth-order valence-electron chi connectivity index (χ4n) is 2.07. The van der Waals surface area contributed by atoms with Gasteiger partial charge in [-0.3, -0.25) is 0 Å². The van der Waals surface area contributed by atoms with Gasteiger partial charge in [0.1, 0.15) is 17.4 Å². The molecule has 5 heteroatoms. The predicted molar refractivity (Wildman–Crippen MR) is 75.1 cm³/mol. The molecule has 1 unspecified atom stereocenters. The van der Waals surface area contributed by atoms with Gasteiger partial charge in [-0.1, -0.05) is 17.7 Å². The van der Waals surface area contributed by atoms with Crippen molar-refractivity contribution in [2.45, 2.75) is 13.0 Å². The Bertz CT molecular complexity index is 646. The van der Waals surface area contributed by atoms with Gasteiger partial charge in [0, 0.05) is 5.02 Å². The number of aryl methyl sites for hydroxylation is 1. The standard InChI is InChI=1S/C15H14ClF2NO/c1-8-6-9(10(16)7-12(8)18)15(19)14-11(17)4-3-5-13(14)20-2/h3-7,15H,19H2,1-2H3. The van der Waals surface area contributed by atoms with Crippen LogP contribution >= 0.6 is 11.6 Å². The molecule has 2 aromatic carbocycles. The van der Waals surface area contributed by atoms with E-state index in [9.17, 15) is 8.78 Å². The fourth-order valence-corrected chi connectivity index (χ4v) is 2.34. The molecule has 0 fully saturated rings. The maximum absolute atomic E-state index is 14.0. The molecule has 2 aromatic rings. The lowest BCUT2D eigenvalue weighted by Crippen LogP contribution is -2.16. The molecule has 0 amide bonds. The van der Waals surface area contributed by atoms with E-state index in [1.165, 1.54) is 31.4 Å². The number of rotatable bonds is 3. The van der Waals surface area contributed by atoms with E-state index in [1.807, 2.05) is 0 Å². The molecule has 1 atom stereocenters. The Kier molecular flexibility index (Phi) is 4.26. The summed E-state index contributed by atoms with van der Waals surface area (Å²) in [6.07, 6.45) is 0. The van der Waals surface area contributed by atoms with E-state index < -0.39 is 17.7 Å². The van der Waals surface area contributed by atoms with Crippen LogP contribution in [0, 0.1) is 18.6 Å². The Balaban J connectivity index is 2.57. The first-order valence-corrected chi connectivity index (χ1v) is 6.37. The third-order valence-corrected chi connectivity index (χ3v) is 3.48. The topological polar surface area (TPSA) is 35.2 Å². The highest BCUT2D eigenvalue weighted by molar-refractivity contribution is 6.31. The molecule has 0 saturated carbocycles. The van der Waals surface area contributed by atoms with Gasteiger partial charge in [0.05, 0.1) is 18.7 Å². The molecule has 0 heterocycles. The zero-order valence-corrected chi connectivity index (χ0v) is 11.8. The fraction of sp³-hybridized carbons (Fsp3) is 0.200. The molecule has 2 rings (SSSR count). The lowest BCUT2D eigenvalue weighted by Gasteiger charge is -2.18. The summed E-state index contributed by atoms with van der Waals surface area (Å²) in [6, 6.07) is 6.30. The minimum absolute atomic E-state index is 0.158. The van der Waals surface area contributed by atoms with E-state index in [0.717, 1.165) is 0 Å². The van der Waals surface area contributed by atoms with Gasteiger partial charge in [0.15, 0.2) is 0 Å². The summed E-state index contributed by atoms with van der Waals surface area (Å²) >= 11 is 6.01. The van der Waals surface area contributed by atoms with Crippen molar-refractivity contribution < 1.29 is 13.5 Å². The van der Waals surface area contributed by atoms with E-state index in [1.54, 1.807) is 13.0 Å². The average Bonchev–Trinajstić information content (AvgIpc) is 2.41. The smallest absolute Gasteiger partial charge is 0.132 e. The normalized spacial score (nSPS) is 12.3. The van der Waals surface area contributed by atoms with Crippen LogP contribution in [0.3, 0.4) is 0 Å². The zero-order valence-electron chi connectivity index (χ0n) is 11.1. The molecule has 2 N–H and O–H groups in total. The molecule has 0 aromatic heterocycles. The van der Waals surface area contributed by atoms with Crippen LogP contribution < -0.4 is 10.5 Å². The summed E-state index contributed by atoms with van der Waals surface area (Å²) in [5.41, 5.74) is 7.13. The van der Waals surface area contributed by atoms with Crippen molar-refractivity contribution in [1.29, 1.82) is 0 Å². The van der Waals surface area contributed by atoms with Gasteiger partial charge in [0.2, 0.25) is 0 Å². The van der Waals surface area contributed by atoms with Gasteiger partial charge < -0.3 is 10.5 Å². The predicted octanol–water partition coefficient (Wildman–Crippen LogP) is 3.98. The number of halogens is 3. The molecule has 0 spiro atoms. The summed E-state index contributed by atoms with van der Waals surface area (Å²) in [6.45, 7) is 1.60. The highest BCUT2D eigenvalue weighted by Gasteiger charge is 2.21. The SMILES string of the molecule is COc1cccc(F)c1C(N)c1cc(C)c(F)cc1Cl. The van der Waals surface area contributed by atoms with Gasteiger partial charge >= 0.3 is 0 Å². The van der Waals surface area contributed by atoms with Crippen LogP contribution in [-0.2, 0) is 0 Å². The Morgan fingerprint density at radius 3 is 2.55 bits per heavy atom. The van der Waals surface area contributed by atoms with Crippen LogP contribution in [0.2, 0.25) is 5.02 Å². The first kappa shape index (κ1) is 14.8. The molecule has 0 radical (unpaired) electrons. The summed E-state index contributed by atoms with van der Waals surface area (Å²) in [5, 5.41) is 0.158. The number of hydrogen-bond acceptors (Lipinski definition) is 2. The van der Waals surface area contributed by atoms with Crippen LogP contribution in [0.15, 0.2) is 30.3 Å². The average molecular weight is 298 g/mol. The molecule has 0 aliphatic heterocycles. The molecule has 0 bridgehead atoms. The second-order valence-electron chi connectivity index (χ2n) is 4.46.